The summed E-state index contributed by atoms with van der Waals surface area (Å²) < 4.78 is 0. The fourth-order valence-corrected chi connectivity index (χ4v) is 4.71. The average Bonchev–Trinajstić information content (AvgIpc) is 2.99. The van der Waals surface area contributed by atoms with E-state index in [2.05, 4.69) is 157 Å². The van der Waals surface area contributed by atoms with E-state index in [0.717, 1.165) is 11.4 Å². The zero-order valence-electron chi connectivity index (χ0n) is 20.5. The van der Waals surface area contributed by atoms with Crippen molar-refractivity contribution in [3.05, 3.63) is 158 Å². The maximum absolute atomic E-state index is 3.70. The smallest absolute Gasteiger partial charge is 0.0470 e. The monoisotopic (exact) mass is 473 g/mol. The summed E-state index contributed by atoms with van der Waals surface area (Å²) in [6.45, 7) is 0. The second-order valence-electron chi connectivity index (χ2n) is 9.14. The van der Waals surface area contributed by atoms with Crippen LogP contribution < -0.4 is 5.32 Å². The minimum atomic E-state index is 1.06. The first-order chi connectivity index (χ1) is 18.3. The highest BCUT2D eigenvalue weighted by molar-refractivity contribution is 5.86. The summed E-state index contributed by atoms with van der Waals surface area (Å²) in [5.41, 5.74) is 11.8. The standard InChI is InChI=1S/C36H27N/c1-4-10-27(11-5-1)29-16-18-31(19-17-29)33-22-25-35(32-14-8-3-9-15-32)36(26-33)37-34-23-20-30(21-24-34)28-12-6-2-7-13-28/h1-26,37H. The van der Waals surface area contributed by atoms with Crippen LogP contribution in [-0.2, 0) is 0 Å². The molecule has 0 aliphatic rings. The number of anilines is 2. The number of hydrogen-bond acceptors (Lipinski definition) is 1. The van der Waals surface area contributed by atoms with Crippen LogP contribution in [0.3, 0.4) is 0 Å². The molecule has 0 aliphatic heterocycles. The summed E-state index contributed by atoms with van der Waals surface area (Å²) >= 11 is 0. The van der Waals surface area contributed by atoms with Gasteiger partial charge in [0.15, 0.2) is 0 Å². The first kappa shape index (κ1) is 22.6. The largest absolute Gasteiger partial charge is 0.355 e. The third-order valence-electron chi connectivity index (χ3n) is 6.70. The summed E-state index contributed by atoms with van der Waals surface area (Å²) in [6, 6.07) is 55.7. The van der Waals surface area contributed by atoms with E-state index >= 15 is 0 Å². The Morgan fingerprint density at radius 1 is 0.297 bits per heavy atom. The van der Waals surface area contributed by atoms with E-state index in [1.807, 2.05) is 6.07 Å². The number of nitrogens with one attached hydrogen (secondary N) is 1. The predicted molar refractivity (Wildman–Crippen MR) is 158 cm³/mol. The fourth-order valence-electron chi connectivity index (χ4n) is 4.71. The van der Waals surface area contributed by atoms with Crippen molar-refractivity contribution < 1.29 is 0 Å². The van der Waals surface area contributed by atoms with Gasteiger partial charge >= 0.3 is 0 Å². The second kappa shape index (κ2) is 10.4. The van der Waals surface area contributed by atoms with Crippen molar-refractivity contribution in [3.8, 4) is 44.5 Å². The molecule has 1 N–H and O–H groups in total. The molecule has 0 radical (unpaired) electrons. The molecule has 176 valence electrons. The summed E-state index contributed by atoms with van der Waals surface area (Å²) in [7, 11) is 0. The van der Waals surface area contributed by atoms with E-state index in [1.165, 1.54) is 44.5 Å². The maximum Gasteiger partial charge on any atom is 0.0470 e. The lowest BCUT2D eigenvalue weighted by molar-refractivity contribution is 1.52. The van der Waals surface area contributed by atoms with Gasteiger partial charge in [0.05, 0.1) is 0 Å². The number of rotatable bonds is 6. The normalized spacial score (nSPS) is 10.7. The number of benzene rings is 6. The average molecular weight is 474 g/mol. The van der Waals surface area contributed by atoms with Crippen LogP contribution in [-0.4, -0.2) is 0 Å². The Hall–Kier alpha value is -4.88. The number of hydrogen-bond donors (Lipinski definition) is 1. The molecule has 0 atom stereocenters. The quantitative estimate of drug-likeness (QED) is 0.254. The molecule has 0 unspecified atom stereocenters. The van der Waals surface area contributed by atoms with E-state index in [-0.39, 0.29) is 0 Å². The van der Waals surface area contributed by atoms with Crippen LogP contribution in [0.25, 0.3) is 44.5 Å². The summed E-state index contributed by atoms with van der Waals surface area (Å²) in [5.74, 6) is 0. The van der Waals surface area contributed by atoms with Gasteiger partial charge in [0.2, 0.25) is 0 Å². The molecule has 0 amide bonds. The van der Waals surface area contributed by atoms with Gasteiger partial charge in [-0.25, -0.2) is 0 Å². The van der Waals surface area contributed by atoms with Crippen LogP contribution in [0.5, 0.6) is 0 Å². The summed E-state index contributed by atoms with van der Waals surface area (Å²) in [4.78, 5) is 0. The van der Waals surface area contributed by atoms with E-state index in [9.17, 15) is 0 Å². The molecule has 0 spiro atoms. The first-order valence-corrected chi connectivity index (χ1v) is 12.6. The SMILES string of the molecule is c1ccc(-c2ccc(Nc3cc(-c4ccc(-c5ccccc5)cc4)ccc3-c3ccccc3)cc2)cc1. The molecule has 6 aromatic carbocycles. The Bertz CT molecular complexity index is 1590. The Morgan fingerprint density at radius 3 is 1.19 bits per heavy atom. The van der Waals surface area contributed by atoms with Crippen LogP contribution in [0, 0.1) is 0 Å². The van der Waals surface area contributed by atoms with Gasteiger partial charge in [-0.1, -0.05) is 140 Å². The van der Waals surface area contributed by atoms with Gasteiger partial charge in [-0.05, 0) is 57.1 Å². The molecular formula is C36H27N. The highest BCUT2D eigenvalue weighted by atomic mass is 14.9. The lowest BCUT2D eigenvalue weighted by atomic mass is 9.96. The highest BCUT2D eigenvalue weighted by Crippen LogP contribution is 2.35. The Balaban J connectivity index is 1.34. The lowest BCUT2D eigenvalue weighted by Gasteiger charge is -2.15. The van der Waals surface area contributed by atoms with Crippen molar-refractivity contribution in [2.45, 2.75) is 0 Å². The van der Waals surface area contributed by atoms with Crippen molar-refractivity contribution in [2.75, 3.05) is 5.32 Å². The third kappa shape index (κ3) is 5.07. The molecule has 6 aromatic rings. The molecule has 6 rings (SSSR count). The molecule has 0 saturated heterocycles. The summed E-state index contributed by atoms with van der Waals surface area (Å²) in [6.07, 6.45) is 0. The van der Waals surface area contributed by atoms with Crippen LogP contribution in [0.1, 0.15) is 0 Å². The van der Waals surface area contributed by atoms with E-state index in [4.69, 9.17) is 0 Å². The van der Waals surface area contributed by atoms with E-state index in [0.29, 0.717) is 0 Å². The molecule has 0 saturated carbocycles. The van der Waals surface area contributed by atoms with Crippen LogP contribution in [0.15, 0.2) is 158 Å². The van der Waals surface area contributed by atoms with Crippen molar-refractivity contribution in [1.82, 2.24) is 0 Å². The van der Waals surface area contributed by atoms with Gasteiger partial charge in [0, 0.05) is 16.9 Å². The maximum atomic E-state index is 3.70. The van der Waals surface area contributed by atoms with Crippen molar-refractivity contribution in [2.24, 2.45) is 0 Å². The highest BCUT2D eigenvalue weighted by Gasteiger charge is 2.09. The van der Waals surface area contributed by atoms with Crippen LogP contribution >= 0.6 is 0 Å². The summed E-state index contributed by atoms with van der Waals surface area (Å²) in [5, 5.41) is 3.70. The Labute approximate surface area is 218 Å². The molecule has 0 heterocycles. The van der Waals surface area contributed by atoms with Gasteiger partial charge < -0.3 is 5.32 Å². The van der Waals surface area contributed by atoms with Gasteiger partial charge in [-0.15, -0.1) is 0 Å². The fraction of sp³-hybridized carbons (Fsp3) is 0. The van der Waals surface area contributed by atoms with Crippen molar-refractivity contribution in [1.29, 1.82) is 0 Å². The van der Waals surface area contributed by atoms with Crippen LogP contribution in [0.4, 0.5) is 11.4 Å². The molecule has 0 fully saturated rings. The van der Waals surface area contributed by atoms with Gasteiger partial charge in [-0.2, -0.15) is 0 Å². The van der Waals surface area contributed by atoms with E-state index < -0.39 is 0 Å². The zero-order chi connectivity index (χ0) is 24.9. The molecule has 37 heavy (non-hydrogen) atoms. The van der Waals surface area contributed by atoms with Crippen LogP contribution in [0.2, 0.25) is 0 Å². The molecule has 0 aliphatic carbocycles. The third-order valence-corrected chi connectivity index (χ3v) is 6.70. The molecule has 1 heteroatoms. The van der Waals surface area contributed by atoms with Gasteiger partial charge in [-0.3, -0.25) is 0 Å². The Morgan fingerprint density at radius 2 is 0.676 bits per heavy atom. The zero-order valence-corrected chi connectivity index (χ0v) is 20.5. The second-order valence-corrected chi connectivity index (χ2v) is 9.14. The van der Waals surface area contributed by atoms with Gasteiger partial charge in [0.25, 0.3) is 0 Å². The topological polar surface area (TPSA) is 12.0 Å². The minimum absolute atomic E-state index is 1.06. The lowest BCUT2D eigenvalue weighted by Crippen LogP contribution is -1.95. The molecule has 0 bridgehead atoms. The predicted octanol–water partition coefficient (Wildman–Crippen LogP) is 10.1. The van der Waals surface area contributed by atoms with Crippen molar-refractivity contribution in [3.63, 3.8) is 0 Å². The molecule has 1 nitrogen and oxygen atoms in total. The molecule has 0 aromatic heterocycles. The van der Waals surface area contributed by atoms with Gasteiger partial charge in [0.1, 0.15) is 0 Å². The Kier molecular flexibility index (Phi) is 6.34. The molecular weight excluding hydrogens is 446 g/mol. The van der Waals surface area contributed by atoms with E-state index in [1.54, 1.807) is 0 Å². The first-order valence-electron chi connectivity index (χ1n) is 12.6. The van der Waals surface area contributed by atoms with Crippen molar-refractivity contribution >= 4 is 11.4 Å². The minimum Gasteiger partial charge on any atom is -0.355 e.